The molecular formula is C14H21NO5. The third-order valence-corrected chi connectivity index (χ3v) is 4.06. The highest BCUT2D eigenvalue weighted by atomic mass is 16.6. The standard InChI is InChI=1S/C14H21NO5/c1-5-18-12(16)7-6-8-10-11(19-10)9(7)15(8)13(17)20-14(2,3)4/h7-11H,5-6H2,1-4H3/t7-,8-,9+,10+,11-/m0/s1. The molecule has 0 aliphatic carbocycles. The van der Waals surface area contributed by atoms with Gasteiger partial charge in [-0.15, -0.1) is 0 Å². The maximum Gasteiger partial charge on any atom is 0.410 e. The first-order valence-electron chi connectivity index (χ1n) is 7.17. The van der Waals surface area contributed by atoms with E-state index < -0.39 is 5.60 Å². The topological polar surface area (TPSA) is 68.4 Å². The molecule has 0 N–H and O–H groups in total. The summed E-state index contributed by atoms with van der Waals surface area (Å²) in [7, 11) is 0. The van der Waals surface area contributed by atoms with E-state index in [0.717, 1.165) is 0 Å². The molecule has 0 unspecified atom stereocenters. The second-order valence-corrected chi connectivity index (χ2v) is 6.61. The molecule has 0 radical (unpaired) electrons. The molecule has 112 valence electrons. The number of morpholine rings is 1. The van der Waals surface area contributed by atoms with E-state index in [2.05, 4.69) is 0 Å². The lowest BCUT2D eigenvalue weighted by Crippen LogP contribution is -2.45. The molecule has 3 rings (SSSR count). The van der Waals surface area contributed by atoms with Gasteiger partial charge < -0.3 is 14.2 Å². The molecule has 3 saturated heterocycles. The summed E-state index contributed by atoms with van der Waals surface area (Å²) in [6.45, 7) is 7.65. The zero-order valence-electron chi connectivity index (χ0n) is 12.3. The van der Waals surface area contributed by atoms with Crippen molar-refractivity contribution in [3.8, 4) is 0 Å². The van der Waals surface area contributed by atoms with Crippen molar-refractivity contribution in [3.63, 3.8) is 0 Å². The van der Waals surface area contributed by atoms with Crippen LogP contribution in [0.15, 0.2) is 0 Å². The first-order valence-corrected chi connectivity index (χ1v) is 7.17. The van der Waals surface area contributed by atoms with Gasteiger partial charge in [0.05, 0.1) is 24.6 Å². The van der Waals surface area contributed by atoms with E-state index in [1.807, 2.05) is 20.8 Å². The van der Waals surface area contributed by atoms with E-state index in [1.165, 1.54) is 0 Å². The van der Waals surface area contributed by atoms with Gasteiger partial charge in [0.2, 0.25) is 0 Å². The summed E-state index contributed by atoms with van der Waals surface area (Å²) in [6.07, 6.45) is 0.327. The number of esters is 1. The zero-order chi connectivity index (χ0) is 14.7. The molecule has 0 aromatic carbocycles. The Morgan fingerprint density at radius 2 is 2.00 bits per heavy atom. The van der Waals surface area contributed by atoms with Crippen molar-refractivity contribution in [3.05, 3.63) is 0 Å². The SMILES string of the molecule is CCOC(=O)[C@H]1C[C@H]2[C@H]3O[C@H]3[C@@H]1N2C(=O)OC(C)(C)C. The van der Waals surface area contributed by atoms with Crippen LogP contribution in [0.3, 0.4) is 0 Å². The van der Waals surface area contributed by atoms with E-state index in [0.29, 0.717) is 13.0 Å². The lowest BCUT2D eigenvalue weighted by atomic mass is 9.89. The van der Waals surface area contributed by atoms with Gasteiger partial charge in [-0.3, -0.25) is 9.69 Å². The van der Waals surface area contributed by atoms with Crippen LogP contribution in [0, 0.1) is 5.92 Å². The minimum atomic E-state index is -0.538. The summed E-state index contributed by atoms with van der Waals surface area (Å²) >= 11 is 0. The summed E-state index contributed by atoms with van der Waals surface area (Å²) in [5, 5.41) is 0. The first-order chi connectivity index (χ1) is 9.33. The second-order valence-electron chi connectivity index (χ2n) is 6.61. The van der Waals surface area contributed by atoms with Crippen LogP contribution in [0.25, 0.3) is 0 Å². The summed E-state index contributed by atoms with van der Waals surface area (Å²) in [4.78, 5) is 26.0. The molecule has 0 aromatic heterocycles. The molecule has 20 heavy (non-hydrogen) atoms. The predicted octanol–water partition coefficient (Wildman–Crippen LogP) is 1.32. The van der Waals surface area contributed by atoms with E-state index >= 15 is 0 Å². The Morgan fingerprint density at radius 3 is 2.60 bits per heavy atom. The molecular weight excluding hydrogens is 262 g/mol. The van der Waals surface area contributed by atoms with Gasteiger partial charge in [-0.2, -0.15) is 0 Å². The van der Waals surface area contributed by atoms with Gasteiger partial charge in [0.15, 0.2) is 0 Å². The van der Waals surface area contributed by atoms with Gasteiger partial charge in [-0.1, -0.05) is 0 Å². The van der Waals surface area contributed by atoms with Crippen LogP contribution in [-0.2, 0) is 19.0 Å². The number of rotatable bonds is 2. The van der Waals surface area contributed by atoms with Crippen LogP contribution in [0.2, 0.25) is 0 Å². The minimum Gasteiger partial charge on any atom is -0.466 e. The van der Waals surface area contributed by atoms with Crippen LogP contribution in [0.4, 0.5) is 4.79 Å². The Labute approximate surface area is 118 Å². The van der Waals surface area contributed by atoms with Gasteiger partial charge in [0.1, 0.15) is 17.8 Å². The van der Waals surface area contributed by atoms with Crippen molar-refractivity contribution in [2.45, 2.75) is 64.0 Å². The maximum absolute atomic E-state index is 12.3. The summed E-state index contributed by atoms with van der Waals surface area (Å²) in [5.41, 5.74) is -0.538. The predicted molar refractivity (Wildman–Crippen MR) is 69.1 cm³/mol. The molecule has 3 aliphatic heterocycles. The third-order valence-electron chi connectivity index (χ3n) is 4.06. The number of amides is 1. The molecule has 0 saturated carbocycles. The molecule has 3 aliphatic rings. The molecule has 5 atom stereocenters. The van der Waals surface area contributed by atoms with Crippen molar-refractivity contribution in [1.29, 1.82) is 0 Å². The Balaban J connectivity index is 1.74. The van der Waals surface area contributed by atoms with Crippen molar-refractivity contribution in [2.24, 2.45) is 5.92 Å². The van der Waals surface area contributed by atoms with Crippen LogP contribution in [0.5, 0.6) is 0 Å². The van der Waals surface area contributed by atoms with Gasteiger partial charge in [-0.05, 0) is 34.1 Å². The van der Waals surface area contributed by atoms with E-state index in [4.69, 9.17) is 14.2 Å². The van der Waals surface area contributed by atoms with Crippen molar-refractivity contribution >= 4 is 12.1 Å². The van der Waals surface area contributed by atoms with Gasteiger partial charge in [0, 0.05) is 0 Å². The van der Waals surface area contributed by atoms with Crippen molar-refractivity contribution in [1.82, 2.24) is 4.90 Å². The quantitative estimate of drug-likeness (QED) is 0.565. The lowest BCUT2D eigenvalue weighted by molar-refractivity contribution is -0.149. The van der Waals surface area contributed by atoms with E-state index in [1.54, 1.807) is 11.8 Å². The number of hydrogen-bond acceptors (Lipinski definition) is 5. The highest BCUT2D eigenvalue weighted by Crippen LogP contribution is 2.53. The Morgan fingerprint density at radius 1 is 1.30 bits per heavy atom. The number of nitrogens with zero attached hydrogens (tertiary/aromatic N) is 1. The molecule has 1 amide bonds. The number of fused-ring (bicyclic) bond motifs is 5. The normalized spacial score (nSPS) is 37.6. The van der Waals surface area contributed by atoms with E-state index in [9.17, 15) is 9.59 Å². The summed E-state index contributed by atoms with van der Waals surface area (Å²) < 4.78 is 16.1. The third kappa shape index (κ3) is 2.06. The first kappa shape index (κ1) is 13.7. The number of ether oxygens (including phenoxy) is 3. The molecule has 3 fully saturated rings. The minimum absolute atomic E-state index is 0.0179. The average Bonchev–Trinajstić information content (AvgIpc) is 2.95. The number of hydrogen-bond donors (Lipinski definition) is 0. The largest absolute Gasteiger partial charge is 0.466 e. The molecule has 2 bridgehead atoms. The summed E-state index contributed by atoms with van der Waals surface area (Å²) in [5.74, 6) is -0.515. The fourth-order valence-corrected chi connectivity index (χ4v) is 3.39. The van der Waals surface area contributed by atoms with Crippen LogP contribution >= 0.6 is 0 Å². The van der Waals surface area contributed by atoms with Gasteiger partial charge >= 0.3 is 12.1 Å². The van der Waals surface area contributed by atoms with E-state index in [-0.39, 0.29) is 42.3 Å². The van der Waals surface area contributed by atoms with Crippen molar-refractivity contribution < 1.29 is 23.8 Å². The highest BCUT2D eigenvalue weighted by molar-refractivity contribution is 5.78. The second kappa shape index (κ2) is 4.35. The van der Waals surface area contributed by atoms with Crippen LogP contribution in [0.1, 0.15) is 34.1 Å². The molecule has 6 nitrogen and oxygen atoms in total. The lowest BCUT2D eigenvalue weighted by Gasteiger charge is -2.29. The number of carbonyl (C=O) groups excluding carboxylic acids is 2. The zero-order valence-corrected chi connectivity index (χ0v) is 12.3. The number of epoxide rings is 1. The Kier molecular flexibility index (Phi) is 2.97. The fraction of sp³-hybridized carbons (Fsp3) is 0.857. The van der Waals surface area contributed by atoms with Crippen LogP contribution in [-0.4, -0.2) is 53.5 Å². The maximum atomic E-state index is 12.3. The fourth-order valence-electron chi connectivity index (χ4n) is 3.39. The monoisotopic (exact) mass is 283 g/mol. The number of carbonyl (C=O) groups is 2. The molecule has 0 aromatic rings. The average molecular weight is 283 g/mol. The highest BCUT2D eigenvalue weighted by Gasteiger charge is 2.71. The summed E-state index contributed by atoms with van der Waals surface area (Å²) in [6, 6.07) is -0.270. The smallest absolute Gasteiger partial charge is 0.410 e. The molecule has 6 heteroatoms. The molecule has 3 heterocycles. The molecule has 0 spiro atoms. The Hall–Kier alpha value is -1.30. The Bertz CT molecular complexity index is 443. The van der Waals surface area contributed by atoms with Gasteiger partial charge in [0.25, 0.3) is 0 Å². The van der Waals surface area contributed by atoms with Crippen molar-refractivity contribution in [2.75, 3.05) is 6.61 Å². The van der Waals surface area contributed by atoms with Crippen LogP contribution < -0.4 is 0 Å². The van der Waals surface area contributed by atoms with Gasteiger partial charge in [-0.25, -0.2) is 4.79 Å².